The van der Waals surface area contributed by atoms with Crippen LogP contribution in [0.15, 0.2) is 28.7 Å². The highest BCUT2D eigenvalue weighted by Gasteiger charge is 2.18. The molecule has 0 fully saturated rings. The molecule has 18 heavy (non-hydrogen) atoms. The molecule has 0 aliphatic rings. The van der Waals surface area contributed by atoms with E-state index in [9.17, 15) is 8.42 Å². The van der Waals surface area contributed by atoms with Crippen LogP contribution in [-0.2, 0) is 10.0 Å². The first-order valence-electron chi connectivity index (χ1n) is 5.42. The normalized spacial score (nSPS) is 11.3. The van der Waals surface area contributed by atoms with Crippen LogP contribution in [0.2, 0.25) is 5.02 Å². The van der Waals surface area contributed by atoms with E-state index in [1.807, 2.05) is 13.8 Å². The summed E-state index contributed by atoms with van der Waals surface area (Å²) in [5, 5.41) is 0.306. The smallest absolute Gasteiger partial charge is 0.241 e. The molecule has 1 aromatic rings. The number of nitrogen functional groups attached to an aromatic ring is 1. The number of anilines is 1. The van der Waals surface area contributed by atoms with Gasteiger partial charge in [0.2, 0.25) is 10.0 Å². The number of nitrogens with one attached hydrogen (secondary N) is 1. The molecule has 0 spiro atoms. The van der Waals surface area contributed by atoms with E-state index >= 15 is 0 Å². The molecule has 0 aliphatic carbocycles. The van der Waals surface area contributed by atoms with Crippen LogP contribution in [0, 0.1) is 6.92 Å². The van der Waals surface area contributed by atoms with Crippen molar-refractivity contribution < 1.29 is 8.42 Å². The van der Waals surface area contributed by atoms with Gasteiger partial charge < -0.3 is 5.73 Å². The van der Waals surface area contributed by atoms with Crippen molar-refractivity contribution in [2.45, 2.75) is 25.7 Å². The molecule has 3 N–H and O–H groups in total. The minimum atomic E-state index is -3.59. The van der Waals surface area contributed by atoms with Gasteiger partial charge in [-0.2, -0.15) is 0 Å². The van der Waals surface area contributed by atoms with Crippen molar-refractivity contribution in [3.8, 4) is 0 Å². The Hall–Kier alpha value is -1.04. The predicted molar refractivity (Wildman–Crippen MR) is 75.2 cm³/mol. The second kappa shape index (κ2) is 5.73. The first-order valence-corrected chi connectivity index (χ1v) is 7.29. The number of halogens is 1. The summed E-state index contributed by atoms with van der Waals surface area (Å²) in [6.07, 6.45) is 1.79. The molecule has 0 saturated carbocycles. The fourth-order valence-corrected chi connectivity index (χ4v) is 2.94. The average Bonchev–Trinajstić information content (AvgIpc) is 2.22. The number of benzene rings is 1. The Kier molecular flexibility index (Phi) is 4.78. The summed E-state index contributed by atoms with van der Waals surface area (Å²) in [6.45, 7) is 5.70. The van der Waals surface area contributed by atoms with Crippen molar-refractivity contribution in [3.63, 3.8) is 0 Å². The first kappa shape index (κ1) is 15.0. The van der Waals surface area contributed by atoms with Crippen LogP contribution in [0.3, 0.4) is 0 Å². The van der Waals surface area contributed by atoms with E-state index in [2.05, 4.69) is 4.72 Å². The molecule has 0 unspecified atom stereocenters. The van der Waals surface area contributed by atoms with E-state index in [0.29, 0.717) is 16.3 Å². The third kappa shape index (κ3) is 3.73. The molecular weight excluding hydrogens is 272 g/mol. The summed E-state index contributed by atoms with van der Waals surface area (Å²) in [4.78, 5) is 0.120. The van der Waals surface area contributed by atoms with Gasteiger partial charge in [-0.3, -0.25) is 0 Å². The maximum absolute atomic E-state index is 12.1. The van der Waals surface area contributed by atoms with Crippen molar-refractivity contribution in [2.24, 2.45) is 0 Å². The van der Waals surface area contributed by atoms with Crippen LogP contribution in [0.25, 0.3) is 0 Å². The fraction of sp³-hybridized carbons (Fsp3) is 0.333. The summed E-state index contributed by atoms with van der Waals surface area (Å²) >= 11 is 5.83. The minimum Gasteiger partial charge on any atom is -0.398 e. The molecule has 0 bridgehead atoms. The third-order valence-electron chi connectivity index (χ3n) is 2.44. The van der Waals surface area contributed by atoms with Crippen LogP contribution in [0.4, 0.5) is 5.69 Å². The molecule has 0 saturated heterocycles. The van der Waals surface area contributed by atoms with Gasteiger partial charge >= 0.3 is 0 Å². The molecular formula is C12H17ClN2O2S. The van der Waals surface area contributed by atoms with Gasteiger partial charge in [0.25, 0.3) is 0 Å². The van der Waals surface area contributed by atoms with Gasteiger partial charge in [-0.25, -0.2) is 13.1 Å². The van der Waals surface area contributed by atoms with Gasteiger partial charge in [-0.05, 0) is 38.5 Å². The molecule has 0 radical (unpaired) electrons. The average molecular weight is 289 g/mol. The first-order chi connectivity index (χ1) is 8.24. The number of allylic oxidation sites excluding steroid dienone is 1. The molecule has 0 heterocycles. The fourth-order valence-electron chi connectivity index (χ4n) is 1.39. The Labute approximate surface area is 113 Å². The van der Waals surface area contributed by atoms with E-state index in [0.717, 1.165) is 5.57 Å². The third-order valence-corrected chi connectivity index (χ3v) is 4.21. The second-order valence-corrected chi connectivity index (χ2v) is 6.42. The van der Waals surface area contributed by atoms with Crippen LogP contribution < -0.4 is 10.5 Å². The van der Waals surface area contributed by atoms with Crippen molar-refractivity contribution in [3.05, 3.63) is 34.4 Å². The number of nitrogens with two attached hydrogens (primary N) is 1. The van der Waals surface area contributed by atoms with Gasteiger partial charge in [0.05, 0.1) is 4.90 Å². The van der Waals surface area contributed by atoms with Gasteiger partial charge in [0.15, 0.2) is 0 Å². The summed E-state index contributed by atoms with van der Waals surface area (Å²) < 4.78 is 26.7. The molecule has 0 amide bonds. The lowest BCUT2D eigenvalue weighted by Crippen LogP contribution is -2.25. The quantitative estimate of drug-likeness (QED) is 0.660. The summed E-state index contributed by atoms with van der Waals surface area (Å²) in [7, 11) is -3.59. The van der Waals surface area contributed by atoms with Gasteiger partial charge in [0, 0.05) is 17.3 Å². The summed E-state index contributed by atoms with van der Waals surface area (Å²) in [6, 6.07) is 2.93. The van der Waals surface area contributed by atoms with E-state index in [1.54, 1.807) is 13.0 Å². The Bertz CT molecular complexity index is 576. The van der Waals surface area contributed by atoms with Crippen LogP contribution >= 0.6 is 11.6 Å². The maximum Gasteiger partial charge on any atom is 0.241 e. The molecule has 0 atom stereocenters. The van der Waals surface area contributed by atoms with Crippen LogP contribution in [0.1, 0.15) is 19.4 Å². The SMILES string of the molecule is CC(C)=CCNS(=O)(=O)c1cc(Cl)cc(N)c1C. The standard InChI is InChI=1S/C12H17ClN2O2S/c1-8(2)4-5-15-18(16,17)12-7-10(13)6-11(14)9(12)3/h4,6-7,15H,5,14H2,1-3H3. The number of hydrogen-bond donors (Lipinski definition) is 2. The Morgan fingerprint density at radius 3 is 2.61 bits per heavy atom. The van der Waals surface area contributed by atoms with Crippen LogP contribution in [0.5, 0.6) is 0 Å². The highest BCUT2D eigenvalue weighted by atomic mass is 35.5. The molecule has 0 aliphatic heterocycles. The zero-order valence-corrected chi connectivity index (χ0v) is 12.2. The number of hydrogen-bond acceptors (Lipinski definition) is 3. The van der Waals surface area contributed by atoms with Crippen molar-refractivity contribution in [2.75, 3.05) is 12.3 Å². The highest BCUT2D eigenvalue weighted by Crippen LogP contribution is 2.25. The lowest BCUT2D eigenvalue weighted by atomic mass is 10.2. The Balaban J connectivity index is 3.09. The lowest BCUT2D eigenvalue weighted by Gasteiger charge is -2.10. The molecule has 100 valence electrons. The molecule has 0 aromatic heterocycles. The molecule has 1 aromatic carbocycles. The zero-order chi connectivity index (χ0) is 13.9. The van der Waals surface area contributed by atoms with E-state index in [1.165, 1.54) is 12.1 Å². The van der Waals surface area contributed by atoms with Gasteiger partial charge in [-0.1, -0.05) is 23.3 Å². The number of rotatable bonds is 4. The second-order valence-electron chi connectivity index (χ2n) is 4.25. The molecule has 6 heteroatoms. The zero-order valence-electron chi connectivity index (χ0n) is 10.6. The van der Waals surface area contributed by atoms with Gasteiger partial charge in [-0.15, -0.1) is 0 Å². The summed E-state index contributed by atoms with van der Waals surface area (Å²) in [5.41, 5.74) is 7.62. The van der Waals surface area contributed by atoms with Crippen LogP contribution in [-0.4, -0.2) is 15.0 Å². The highest BCUT2D eigenvalue weighted by molar-refractivity contribution is 7.89. The number of sulfonamides is 1. The van der Waals surface area contributed by atoms with Gasteiger partial charge in [0.1, 0.15) is 0 Å². The van der Waals surface area contributed by atoms with E-state index < -0.39 is 10.0 Å². The lowest BCUT2D eigenvalue weighted by molar-refractivity contribution is 0.585. The maximum atomic E-state index is 12.1. The van der Waals surface area contributed by atoms with Crippen molar-refractivity contribution in [1.29, 1.82) is 0 Å². The minimum absolute atomic E-state index is 0.120. The molecule has 4 nitrogen and oxygen atoms in total. The van der Waals surface area contributed by atoms with E-state index in [-0.39, 0.29) is 11.4 Å². The monoisotopic (exact) mass is 288 g/mol. The predicted octanol–water partition coefficient (Wildman–Crippen LogP) is 2.48. The Morgan fingerprint density at radius 1 is 1.44 bits per heavy atom. The van der Waals surface area contributed by atoms with Crippen molar-refractivity contribution in [1.82, 2.24) is 4.72 Å². The van der Waals surface area contributed by atoms with E-state index in [4.69, 9.17) is 17.3 Å². The Morgan fingerprint density at radius 2 is 2.06 bits per heavy atom. The van der Waals surface area contributed by atoms with Crippen molar-refractivity contribution >= 4 is 27.3 Å². The topological polar surface area (TPSA) is 72.2 Å². The summed E-state index contributed by atoms with van der Waals surface area (Å²) in [5.74, 6) is 0. The largest absolute Gasteiger partial charge is 0.398 e. The molecule has 1 rings (SSSR count).